The first-order valence-corrected chi connectivity index (χ1v) is 17.6. The van der Waals surface area contributed by atoms with Gasteiger partial charge >= 0.3 is 0 Å². The van der Waals surface area contributed by atoms with Crippen molar-refractivity contribution in [3.63, 3.8) is 0 Å². The van der Waals surface area contributed by atoms with Crippen molar-refractivity contribution < 1.29 is 0 Å². The highest BCUT2D eigenvalue weighted by Crippen LogP contribution is 2.47. The normalized spacial score (nSPS) is 14.6. The van der Waals surface area contributed by atoms with Crippen LogP contribution in [0.4, 0.5) is 0 Å². The van der Waals surface area contributed by atoms with Crippen molar-refractivity contribution in [2.45, 2.75) is 51.4 Å². The molecule has 1 aromatic heterocycles. The van der Waals surface area contributed by atoms with Crippen LogP contribution in [0.1, 0.15) is 51.7 Å². The minimum atomic E-state index is 0.114. The van der Waals surface area contributed by atoms with Gasteiger partial charge in [-0.05, 0) is 92.4 Å². The number of benzene rings is 6. The summed E-state index contributed by atoms with van der Waals surface area (Å²) in [5.41, 5.74) is 13.0. The maximum absolute atomic E-state index is 5.19. The van der Waals surface area contributed by atoms with Gasteiger partial charge in [0.25, 0.3) is 0 Å². The summed E-state index contributed by atoms with van der Waals surface area (Å²) in [7, 11) is 0. The van der Waals surface area contributed by atoms with Gasteiger partial charge in [-0.2, -0.15) is 0 Å². The second-order valence-electron chi connectivity index (χ2n) is 14.8. The molecule has 7 aromatic rings. The number of hydrogen-bond donors (Lipinski definition) is 0. The zero-order valence-electron chi connectivity index (χ0n) is 29.2. The van der Waals surface area contributed by atoms with Crippen molar-refractivity contribution in [2.75, 3.05) is 0 Å². The van der Waals surface area contributed by atoms with Crippen LogP contribution in [0.3, 0.4) is 0 Å². The Balaban J connectivity index is 1.32. The summed E-state index contributed by atoms with van der Waals surface area (Å²) in [5.74, 6) is 1.95. The average molecular weight is 648 g/mol. The Hall–Kier alpha value is -5.67. The largest absolute Gasteiger partial charge is 0.208 e. The molecule has 0 spiro atoms. The van der Waals surface area contributed by atoms with Crippen LogP contribution in [0.5, 0.6) is 0 Å². The molecule has 0 aliphatic heterocycles. The van der Waals surface area contributed by atoms with Gasteiger partial charge in [-0.25, -0.2) is 15.0 Å². The fourth-order valence-corrected chi connectivity index (χ4v) is 7.31. The van der Waals surface area contributed by atoms with E-state index >= 15 is 0 Å². The second kappa shape index (κ2) is 12.7. The maximum Gasteiger partial charge on any atom is 0.164 e. The van der Waals surface area contributed by atoms with E-state index < -0.39 is 0 Å². The zero-order valence-corrected chi connectivity index (χ0v) is 29.2. The lowest BCUT2D eigenvalue weighted by molar-refractivity contribution is 0.332. The fraction of sp³-hybridized carbons (Fsp3) is 0.170. The van der Waals surface area contributed by atoms with Gasteiger partial charge in [-0.15, -0.1) is 0 Å². The second-order valence-corrected chi connectivity index (χ2v) is 14.8. The summed E-state index contributed by atoms with van der Waals surface area (Å²) in [4.78, 5) is 15.4. The third kappa shape index (κ3) is 6.16. The summed E-state index contributed by atoms with van der Waals surface area (Å²) in [5, 5.41) is 0. The smallest absolute Gasteiger partial charge is 0.164 e. The van der Waals surface area contributed by atoms with Crippen LogP contribution >= 0.6 is 0 Å². The Morgan fingerprint density at radius 2 is 0.720 bits per heavy atom. The number of rotatable bonds is 6. The molecular formula is C47H41N3. The molecule has 0 bridgehead atoms. The van der Waals surface area contributed by atoms with Crippen molar-refractivity contribution in [3.8, 4) is 67.5 Å². The SMILES string of the molecule is CC1(C)CCC(C)(C)c2cc(-c3cc(-c4ccccc4)cc(-c4nc(-c5ccccc5)nc(-c5cccc(-c6ccccc6)c5)n4)c3)ccc21. The van der Waals surface area contributed by atoms with Crippen molar-refractivity contribution >= 4 is 0 Å². The minimum Gasteiger partial charge on any atom is -0.208 e. The fourth-order valence-electron chi connectivity index (χ4n) is 7.31. The van der Waals surface area contributed by atoms with Gasteiger partial charge in [-0.3, -0.25) is 0 Å². The Kier molecular flexibility index (Phi) is 7.99. The van der Waals surface area contributed by atoms with Gasteiger partial charge in [-0.1, -0.05) is 155 Å². The molecule has 0 N–H and O–H groups in total. The van der Waals surface area contributed by atoms with Gasteiger partial charge in [0.2, 0.25) is 0 Å². The first kappa shape index (κ1) is 31.6. The molecule has 1 heterocycles. The van der Waals surface area contributed by atoms with Crippen LogP contribution in [0.2, 0.25) is 0 Å². The van der Waals surface area contributed by atoms with Crippen molar-refractivity contribution in [1.29, 1.82) is 0 Å². The molecule has 0 saturated heterocycles. The molecule has 3 heteroatoms. The van der Waals surface area contributed by atoms with E-state index in [1.54, 1.807) is 0 Å². The van der Waals surface area contributed by atoms with Gasteiger partial charge in [0.05, 0.1) is 0 Å². The Morgan fingerprint density at radius 3 is 1.34 bits per heavy atom. The predicted molar refractivity (Wildman–Crippen MR) is 208 cm³/mol. The predicted octanol–water partition coefficient (Wildman–Crippen LogP) is 12.2. The van der Waals surface area contributed by atoms with E-state index in [1.807, 2.05) is 24.3 Å². The first-order chi connectivity index (χ1) is 24.2. The maximum atomic E-state index is 5.19. The van der Waals surface area contributed by atoms with Gasteiger partial charge in [0.1, 0.15) is 0 Å². The number of nitrogens with zero attached hydrogens (tertiary/aromatic N) is 3. The lowest BCUT2D eigenvalue weighted by Crippen LogP contribution is -2.33. The number of hydrogen-bond acceptors (Lipinski definition) is 3. The third-order valence-electron chi connectivity index (χ3n) is 10.4. The Bertz CT molecular complexity index is 2310. The summed E-state index contributed by atoms with van der Waals surface area (Å²) >= 11 is 0. The summed E-state index contributed by atoms with van der Waals surface area (Å²) < 4.78 is 0. The molecule has 0 amide bonds. The highest BCUT2D eigenvalue weighted by Gasteiger charge is 2.37. The highest BCUT2D eigenvalue weighted by atomic mass is 15.0. The van der Waals surface area contributed by atoms with Crippen LogP contribution in [0.15, 0.2) is 152 Å². The zero-order chi connectivity index (χ0) is 34.3. The molecule has 0 unspecified atom stereocenters. The molecule has 0 atom stereocenters. The molecule has 1 aliphatic rings. The van der Waals surface area contributed by atoms with Gasteiger partial charge < -0.3 is 0 Å². The van der Waals surface area contributed by atoms with Crippen LogP contribution in [-0.4, -0.2) is 15.0 Å². The molecule has 0 fully saturated rings. The van der Waals surface area contributed by atoms with E-state index in [1.165, 1.54) is 29.5 Å². The first-order valence-electron chi connectivity index (χ1n) is 17.6. The number of fused-ring (bicyclic) bond motifs is 1. The van der Waals surface area contributed by atoms with E-state index in [2.05, 4.69) is 155 Å². The monoisotopic (exact) mass is 647 g/mol. The summed E-state index contributed by atoms with van der Waals surface area (Å²) in [6, 6.07) is 53.6. The van der Waals surface area contributed by atoms with Crippen molar-refractivity contribution in [2.24, 2.45) is 0 Å². The number of aromatic nitrogens is 3. The van der Waals surface area contributed by atoms with E-state index in [0.29, 0.717) is 17.5 Å². The van der Waals surface area contributed by atoms with Gasteiger partial charge in [0.15, 0.2) is 17.5 Å². The Labute approximate surface area is 295 Å². The third-order valence-corrected chi connectivity index (χ3v) is 10.4. The molecule has 0 saturated carbocycles. The molecule has 1 aliphatic carbocycles. The Morgan fingerprint density at radius 1 is 0.320 bits per heavy atom. The van der Waals surface area contributed by atoms with E-state index in [9.17, 15) is 0 Å². The van der Waals surface area contributed by atoms with E-state index in [4.69, 9.17) is 15.0 Å². The quantitative estimate of drug-likeness (QED) is 0.180. The van der Waals surface area contributed by atoms with Crippen LogP contribution in [-0.2, 0) is 10.8 Å². The van der Waals surface area contributed by atoms with E-state index in [-0.39, 0.29) is 10.8 Å². The van der Waals surface area contributed by atoms with Crippen LogP contribution in [0.25, 0.3) is 67.5 Å². The van der Waals surface area contributed by atoms with Crippen molar-refractivity contribution in [3.05, 3.63) is 163 Å². The molecule has 0 radical (unpaired) electrons. The molecular weight excluding hydrogens is 607 g/mol. The standard InChI is InChI=1S/C47H41N3/c1-46(2)25-26-47(3,4)42-31-36(23-24-41(42)46)39-28-38(33-17-10-6-11-18-33)29-40(30-39)45-49-43(34-19-12-7-13-20-34)48-44(50-45)37-22-14-21-35(27-37)32-15-8-5-9-16-32/h5-24,27-31H,25-26H2,1-4H3. The van der Waals surface area contributed by atoms with Crippen LogP contribution in [0, 0.1) is 0 Å². The highest BCUT2D eigenvalue weighted by molar-refractivity contribution is 5.81. The molecule has 3 nitrogen and oxygen atoms in total. The molecule has 8 rings (SSSR count). The molecule has 6 aromatic carbocycles. The molecule has 50 heavy (non-hydrogen) atoms. The minimum absolute atomic E-state index is 0.114. The molecule has 244 valence electrons. The van der Waals surface area contributed by atoms with Crippen molar-refractivity contribution in [1.82, 2.24) is 15.0 Å². The summed E-state index contributed by atoms with van der Waals surface area (Å²) in [6.07, 6.45) is 2.37. The lowest BCUT2D eigenvalue weighted by atomic mass is 9.63. The topological polar surface area (TPSA) is 38.7 Å². The van der Waals surface area contributed by atoms with Crippen LogP contribution < -0.4 is 0 Å². The summed E-state index contributed by atoms with van der Waals surface area (Å²) in [6.45, 7) is 9.54. The van der Waals surface area contributed by atoms with Gasteiger partial charge in [0, 0.05) is 16.7 Å². The average Bonchev–Trinajstić information content (AvgIpc) is 3.17. The lowest BCUT2D eigenvalue weighted by Gasteiger charge is -2.42. The van der Waals surface area contributed by atoms with E-state index in [0.717, 1.165) is 44.5 Å².